The molecule has 0 N–H and O–H groups in total. The fourth-order valence-electron chi connectivity index (χ4n) is 3.89. The molecule has 1 fully saturated rings. The van der Waals surface area contributed by atoms with Crippen LogP contribution in [-0.4, -0.2) is 5.97 Å². The van der Waals surface area contributed by atoms with E-state index in [4.69, 9.17) is 4.74 Å². The van der Waals surface area contributed by atoms with E-state index in [0.717, 1.165) is 5.92 Å². The van der Waals surface area contributed by atoms with Crippen molar-refractivity contribution in [2.75, 3.05) is 0 Å². The van der Waals surface area contributed by atoms with E-state index in [9.17, 15) is 9.18 Å². The van der Waals surface area contributed by atoms with E-state index < -0.39 is 11.8 Å². The largest absolute Gasteiger partial charge is 0.423 e. The smallest absolute Gasteiger partial charge is 0.343 e. The van der Waals surface area contributed by atoms with Gasteiger partial charge in [-0.3, -0.25) is 0 Å². The molecule has 0 radical (unpaired) electrons. The van der Waals surface area contributed by atoms with Crippen molar-refractivity contribution in [2.24, 2.45) is 5.92 Å². The molecular weight excluding hydrogens is 327 g/mol. The third kappa shape index (κ3) is 4.51. The minimum absolute atomic E-state index is 0.228. The van der Waals surface area contributed by atoms with E-state index in [0.29, 0.717) is 17.2 Å². The molecule has 0 amide bonds. The molecule has 0 atom stereocenters. The maximum absolute atomic E-state index is 13.6. The SMILES string of the molecule is CCC[C@H]1CC[C@H](c2ccc(OC(=O)c3ccc(C)c(F)c3)cc2)CC1. The first-order valence-electron chi connectivity index (χ1n) is 9.65. The van der Waals surface area contributed by atoms with Gasteiger partial charge in [0, 0.05) is 0 Å². The van der Waals surface area contributed by atoms with Crippen molar-refractivity contribution in [3.05, 3.63) is 65.0 Å². The van der Waals surface area contributed by atoms with Crippen LogP contribution >= 0.6 is 0 Å². The fourth-order valence-corrected chi connectivity index (χ4v) is 3.89. The fraction of sp³-hybridized carbons (Fsp3) is 0.435. The maximum Gasteiger partial charge on any atom is 0.343 e. The Morgan fingerprint density at radius 3 is 2.38 bits per heavy atom. The van der Waals surface area contributed by atoms with E-state index in [1.165, 1.54) is 50.2 Å². The number of hydrogen-bond donors (Lipinski definition) is 0. The highest BCUT2D eigenvalue weighted by Crippen LogP contribution is 2.37. The van der Waals surface area contributed by atoms with Crippen LogP contribution in [0.4, 0.5) is 4.39 Å². The average Bonchev–Trinajstić information content (AvgIpc) is 2.65. The Balaban J connectivity index is 1.59. The highest BCUT2D eigenvalue weighted by Gasteiger charge is 2.22. The Kier molecular flexibility index (Phi) is 6.08. The third-order valence-electron chi connectivity index (χ3n) is 5.51. The van der Waals surface area contributed by atoms with Crippen LogP contribution in [0.25, 0.3) is 0 Å². The van der Waals surface area contributed by atoms with E-state index in [1.54, 1.807) is 19.1 Å². The number of esters is 1. The van der Waals surface area contributed by atoms with Crippen molar-refractivity contribution >= 4 is 5.97 Å². The molecule has 0 saturated heterocycles. The molecule has 0 unspecified atom stereocenters. The first kappa shape index (κ1) is 18.6. The van der Waals surface area contributed by atoms with Crippen LogP contribution in [0.3, 0.4) is 0 Å². The molecule has 1 aliphatic carbocycles. The molecule has 3 rings (SSSR count). The second kappa shape index (κ2) is 8.48. The van der Waals surface area contributed by atoms with E-state index >= 15 is 0 Å². The van der Waals surface area contributed by atoms with Gasteiger partial charge in [-0.1, -0.05) is 38.0 Å². The molecule has 1 saturated carbocycles. The summed E-state index contributed by atoms with van der Waals surface area (Å²) < 4.78 is 19.0. The van der Waals surface area contributed by atoms with Crippen LogP contribution in [0.2, 0.25) is 0 Å². The molecule has 26 heavy (non-hydrogen) atoms. The lowest BCUT2D eigenvalue weighted by atomic mass is 9.77. The summed E-state index contributed by atoms with van der Waals surface area (Å²) in [7, 11) is 0. The van der Waals surface area contributed by atoms with Crippen molar-refractivity contribution in [2.45, 2.75) is 58.3 Å². The van der Waals surface area contributed by atoms with Crippen LogP contribution < -0.4 is 4.74 Å². The second-order valence-corrected chi connectivity index (χ2v) is 7.43. The zero-order valence-corrected chi connectivity index (χ0v) is 15.6. The molecule has 2 nitrogen and oxygen atoms in total. The lowest BCUT2D eigenvalue weighted by Crippen LogP contribution is -2.13. The normalized spacial score (nSPS) is 20.0. The second-order valence-electron chi connectivity index (χ2n) is 7.43. The minimum atomic E-state index is -0.531. The number of hydrogen-bond acceptors (Lipinski definition) is 2. The zero-order valence-electron chi connectivity index (χ0n) is 15.6. The van der Waals surface area contributed by atoms with Crippen LogP contribution in [0.15, 0.2) is 42.5 Å². The lowest BCUT2D eigenvalue weighted by Gasteiger charge is -2.28. The molecular formula is C23H27FO2. The summed E-state index contributed by atoms with van der Waals surface area (Å²) in [4.78, 5) is 12.2. The molecule has 138 valence electrons. The van der Waals surface area contributed by atoms with Gasteiger partial charge in [-0.15, -0.1) is 0 Å². The predicted molar refractivity (Wildman–Crippen MR) is 102 cm³/mol. The molecule has 3 heteroatoms. The Hall–Kier alpha value is -2.16. The minimum Gasteiger partial charge on any atom is -0.423 e. The maximum atomic E-state index is 13.6. The van der Waals surface area contributed by atoms with E-state index in [1.807, 2.05) is 12.1 Å². The van der Waals surface area contributed by atoms with E-state index in [-0.39, 0.29) is 5.56 Å². The summed E-state index contributed by atoms with van der Waals surface area (Å²) in [5, 5.41) is 0. The highest BCUT2D eigenvalue weighted by molar-refractivity contribution is 5.91. The number of benzene rings is 2. The van der Waals surface area contributed by atoms with Gasteiger partial charge in [0.15, 0.2) is 0 Å². The van der Waals surface area contributed by atoms with Gasteiger partial charge in [-0.05, 0) is 79.8 Å². The standard InChI is InChI=1S/C23H27FO2/c1-3-4-17-6-9-18(10-7-17)19-11-13-21(14-12-19)26-23(25)20-8-5-16(2)22(24)15-20/h5,8,11-15,17-18H,3-4,6-7,9-10H2,1-2H3/t17-,18-. The summed E-state index contributed by atoms with van der Waals surface area (Å²) in [5.41, 5.74) is 2.06. The van der Waals surface area contributed by atoms with Crippen molar-refractivity contribution in [1.29, 1.82) is 0 Å². The Morgan fingerprint density at radius 1 is 1.08 bits per heavy atom. The van der Waals surface area contributed by atoms with Crippen molar-refractivity contribution in [3.63, 3.8) is 0 Å². The summed E-state index contributed by atoms with van der Waals surface area (Å²) in [6.45, 7) is 3.93. The number of carbonyl (C=O) groups excluding carboxylic acids is 1. The van der Waals surface area contributed by atoms with Crippen LogP contribution in [0.1, 0.15) is 72.9 Å². The van der Waals surface area contributed by atoms with Crippen molar-refractivity contribution in [1.82, 2.24) is 0 Å². The van der Waals surface area contributed by atoms with Gasteiger partial charge in [0.1, 0.15) is 11.6 Å². The van der Waals surface area contributed by atoms with Gasteiger partial charge in [0.05, 0.1) is 5.56 Å². The van der Waals surface area contributed by atoms with Gasteiger partial charge >= 0.3 is 5.97 Å². The van der Waals surface area contributed by atoms with Crippen molar-refractivity contribution in [3.8, 4) is 5.75 Å². The molecule has 0 spiro atoms. The Labute approximate surface area is 155 Å². The molecule has 2 aromatic rings. The number of aryl methyl sites for hydroxylation is 1. The number of carbonyl (C=O) groups is 1. The predicted octanol–water partition coefficient (Wildman–Crippen LogP) is 6.43. The van der Waals surface area contributed by atoms with Gasteiger partial charge in [0.25, 0.3) is 0 Å². The molecule has 1 aliphatic rings. The summed E-state index contributed by atoms with van der Waals surface area (Å²) in [5.74, 6) is 1.08. The van der Waals surface area contributed by atoms with Crippen LogP contribution in [0, 0.1) is 18.7 Å². The third-order valence-corrected chi connectivity index (χ3v) is 5.51. The molecule has 2 aromatic carbocycles. The first-order chi connectivity index (χ1) is 12.6. The average molecular weight is 354 g/mol. The molecule has 0 bridgehead atoms. The van der Waals surface area contributed by atoms with Crippen LogP contribution in [-0.2, 0) is 0 Å². The summed E-state index contributed by atoms with van der Waals surface area (Å²) in [6.07, 6.45) is 7.74. The Bertz CT molecular complexity index is 743. The zero-order chi connectivity index (χ0) is 18.5. The Morgan fingerprint density at radius 2 is 1.77 bits per heavy atom. The monoisotopic (exact) mass is 354 g/mol. The van der Waals surface area contributed by atoms with Gasteiger partial charge in [-0.25, -0.2) is 9.18 Å². The van der Waals surface area contributed by atoms with Gasteiger partial charge < -0.3 is 4.74 Å². The van der Waals surface area contributed by atoms with Crippen molar-refractivity contribution < 1.29 is 13.9 Å². The number of halogens is 1. The van der Waals surface area contributed by atoms with Gasteiger partial charge in [-0.2, -0.15) is 0 Å². The topological polar surface area (TPSA) is 26.3 Å². The van der Waals surface area contributed by atoms with E-state index in [2.05, 4.69) is 19.1 Å². The summed E-state index contributed by atoms with van der Waals surface area (Å²) >= 11 is 0. The molecule has 0 aromatic heterocycles. The van der Waals surface area contributed by atoms with Gasteiger partial charge in [0.2, 0.25) is 0 Å². The molecule has 0 aliphatic heterocycles. The highest BCUT2D eigenvalue weighted by atomic mass is 19.1. The summed E-state index contributed by atoms with van der Waals surface area (Å²) in [6, 6.07) is 12.2. The van der Waals surface area contributed by atoms with Crippen LogP contribution in [0.5, 0.6) is 5.75 Å². The number of ether oxygens (including phenoxy) is 1. The quantitative estimate of drug-likeness (QED) is 0.457. The number of rotatable bonds is 5. The molecule has 0 heterocycles. The first-order valence-corrected chi connectivity index (χ1v) is 9.65. The lowest BCUT2D eigenvalue weighted by molar-refractivity contribution is 0.0734.